The normalized spacial score (nSPS) is 28.6. The van der Waals surface area contributed by atoms with E-state index in [0.29, 0.717) is 6.10 Å². The van der Waals surface area contributed by atoms with E-state index in [1.165, 1.54) is 24.0 Å². The van der Waals surface area contributed by atoms with E-state index in [9.17, 15) is 0 Å². The molecule has 0 spiro atoms. The van der Waals surface area contributed by atoms with E-state index < -0.39 is 0 Å². The molecule has 1 aromatic rings. The fraction of sp³-hybridized carbons (Fsp3) is 0.647. The molecule has 0 radical (unpaired) electrons. The third-order valence-electron chi connectivity index (χ3n) is 4.87. The summed E-state index contributed by atoms with van der Waals surface area (Å²) in [5.41, 5.74) is 9.21. The van der Waals surface area contributed by atoms with Crippen LogP contribution in [0.2, 0.25) is 0 Å². The van der Waals surface area contributed by atoms with E-state index in [0.717, 1.165) is 44.5 Å². The van der Waals surface area contributed by atoms with E-state index in [4.69, 9.17) is 15.2 Å². The molecule has 3 rings (SSSR count). The fourth-order valence-corrected chi connectivity index (χ4v) is 3.63. The van der Waals surface area contributed by atoms with Crippen LogP contribution < -0.4 is 10.5 Å². The van der Waals surface area contributed by atoms with E-state index in [-0.39, 0.29) is 5.54 Å². The second kappa shape index (κ2) is 5.74. The number of fused-ring (bicyclic) bond motifs is 1. The molecule has 1 aliphatic carbocycles. The summed E-state index contributed by atoms with van der Waals surface area (Å²) in [6.45, 7) is 0.943. The average Bonchev–Trinajstić information content (AvgIpc) is 3.08. The minimum atomic E-state index is -0.164. The summed E-state index contributed by atoms with van der Waals surface area (Å²) in [5.74, 6) is 0.916. The Kier molecular flexibility index (Phi) is 3.99. The van der Waals surface area contributed by atoms with Gasteiger partial charge in [-0.25, -0.2) is 0 Å². The summed E-state index contributed by atoms with van der Waals surface area (Å²) in [6, 6.07) is 6.34. The van der Waals surface area contributed by atoms with E-state index >= 15 is 0 Å². The van der Waals surface area contributed by atoms with Gasteiger partial charge in [-0.1, -0.05) is 6.07 Å². The molecule has 1 saturated heterocycles. The highest BCUT2D eigenvalue weighted by atomic mass is 16.5. The van der Waals surface area contributed by atoms with Crippen LogP contribution in [0, 0.1) is 0 Å². The number of hydrogen-bond donors (Lipinski definition) is 1. The molecule has 2 N–H and O–H groups in total. The van der Waals surface area contributed by atoms with E-state index in [2.05, 4.69) is 12.1 Å². The Labute approximate surface area is 121 Å². The zero-order chi connectivity index (χ0) is 14.0. The van der Waals surface area contributed by atoms with Crippen LogP contribution in [0.3, 0.4) is 0 Å². The molecule has 2 unspecified atom stereocenters. The van der Waals surface area contributed by atoms with Gasteiger partial charge in [-0.2, -0.15) is 0 Å². The minimum absolute atomic E-state index is 0.164. The molecule has 0 aromatic heterocycles. The second-order valence-electron chi connectivity index (χ2n) is 6.21. The molecule has 0 saturated carbocycles. The number of hydrogen-bond acceptors (Lipinski definition) is 3. The lowest BCUT2D eigenvalue weighted by atomic mass is 9.87. The Bertz CT molecular complexity index is 468. The number of methoxy groups -OCH3 is 1. The third kappa shape index (κ3) is 2.70. The molecule has 0 amide bonds. The highest BCUT2D eigenvalue weighted by Crippen LogP contribution is 2.40. The number of nitrogens with two attached hydrogens (primary N) is 1. The van der Waals surface area contributed by atoms with Gasteiger partial charge in [-0.3, -0.25) is 0 Å². The van der Waals surface area contributed by atoms with Crippen LogP contribution in [-0.2, 0) is 16.7 Å². The highest BCUT2D eigenvalue weighted by Gasteiger charge is 2.35. The van der Waals surface area contributed by atoms with Crippen LogP contribution in [0.25, 0.3) is 0 Å². The van der Waals surface area contributed by atoms with Gasteiger partial charge in [0.2, 0.25) is 0 Å². The molecule has 1 heterocycles. The minimum Gasteiger partial charge on any atom is -0.497 e. The summed E-state index contributed by atoms with van der Waals surface area (Å²) in [4.78, 5) is 0. The van der Waals surface area contributed by atoms with Crippen LogP contribution in [0.4, 0.5) is 0 Å². The van der Waals surface area contributed by atoms with Gasteiger partial charge in [-0.05, 0) is 68.2 Å². The van der Waals surface area contributed by atoms with Crippen molar-refractivity contribution in [3.8, 4) is 5.75 Å². The molecule has 1 aromatic carbocycles. The summed E-state index contributed by atoms with van der Waals surface area (Å²) >= 11 is 0. The van der Waals surface area contributed by atoms with Gasteiger partial charge in [0.25, 0.3) is 0 Å². The van der Waals surface area contributed by atoms with E-state index in [1.807, 2.05) is 6.07 Å². The maximum absolute atomic E-state index is 6.68. The van der Waals surface area contributed by atoms with Crippen molar-refractivity contribution < 1.29 is 9.47 Å². The molecule has 2 atom stereocenters. The number of ether oxygens (including phenoxy) is 2. The lowest BCUT2D eigenvalue weighted by Gasteiger charge is -2.26. The molecule has 3 nitrogen and oxygen atoms in total. The quantitative estimate of drug-likeness (QED) is 0.898. The first kappa shape index (κ1) is 13.9. The van der Waals surface area contributed by atoms with Crippen LogP contribution in [-0.4, -0.2) is 19.8 Å². The lowest BCUT2D eigenvalue weighted by molar-refractivity contribution is 0.1000. The van der Waals surface area contributed by atoms with Crippen molar-refractivity contribution in [1.29, 1.82) is 0 Å². The molecular formula is C17H25NO2. The standard InChI is InChI=1S/C17H25NO2/c1-19-15-7-6-13-8-10-17(18,16(13)12-15)9-2-4-14-5-3-11-20-14/h6-7,12,14H,2-5,8-11,18H2,1H3. The summed E-state index contributed by atoms with van der Waals surface area (Å²) in [6.07, 6.45) is 8.42. The molecule has 3 heteroatoms. The molecule has 1 aliphatic heterocycles. The van der Waals surface area contributed by atoms with Gasteiger partial charge in [0.15, 0.2) is 0 Å². The van der Waals surface area contributed by atoms with Crippen molar-refractivity contribution in [2.75, 3.05) is 13.7 Å². The van der Waals surface area contributed by atoms with Crippen molar-refractivity contribution in [2.24, 2.45) is 5.73 Å². The zero-order valence-corrected chi connectivity index (χ0v) is 12.4. The second-order valence-corrected chi connectivity index (χ2v) is 6.21. The first-order chi connectivity index (χ1) is 9.71. The Hall–Kier alpha value is -1.06. The summed E-state index contributed by atoms with van der Waals surface area (Å²) < 4.78 is 11.0. The monoisotopic (exact) mass is 275 g/mol. The molecular weight excluding hydrogens is 250 g/mol. The average molecular weight is 275 g/mol. The number of rotatable bonds is 5. The summed E-state index contributed by atoms with van der Waals surface area (Å²) in [5, 5.41) is 0. The summed E-state index contributed by atoms with van der Waals surface area (Å²) in [7, 11) is 1.71. The molecule has 20 heavy (non-hydrogen) atoms. The van der Waals surface area contributed by atoms with Crippen molar-refractivity contribution in [3.05, 3.63) is 29.3 Å². The van der Waals surface area contributed by atoms with Crippen molar-refractivity contribution in [3.63, 3.8) is 0 Å². The zero-order valence-electron chi connectivity index (χ0n) is 12.4. The molecule has 2 aliphatic rings. The lowest BCUT2D eigenvalue weighted by Crippen LogP contribution is -2.34. The Morgan fingerprint density at radius 3 is 3.10 bits per heavy atom. The van der Waals surface area contributed by atoms with Crippen LogP contribution in [0.1, 0.15) is 49.7 Å². The third-order valence-corrected chi connectivity index (χ3v) is 4.87. The predicted molar refractivity (Wildman–Crippen MR) is 80.0 cm³/mol. The molecule has 110 valence electrons. The Morgan fingerprint density at radius 1 is 1.45 bits per heavy atom. The van der Waals surface area contributed by atoms with Crippen molar-refractivity contribution in [1.82, 2.24) is 0 Å². The Balaban J connectivity index is 1.64. The topological polar surface area (TPSA) is 44.5 Å². The first-order valence-electron chi connectivity index (χ1n) is 7.79. The van der Waals surface area contributed by atoms with Gasteiger partial charge in [-0.15, -0.1) is 0 Å². The van der Waals surface area contributed by atoms with Crippen molar-refractivity contribution in [2.45, 2.75) is 56.6 Å². The van der Waals surface area contributed by atoms with Gasteiger partial charge >= 0.3 is 0 Å². The Morgan fingerprint density at radius 2 is 2.35 bits per heavy atom. The van der Waals surface area contributed by atoms with Crippen molar-refractivity contribution >= 4 is 0 Å². The molecule has 0 bridgehead atoms. The first-order valence-corrected chi connectivity index (χ1v) is 7.79. The largest absolute Gasteiger partial charge is 0.497 e. The van der Waals surface area contributed by atoms with Gasteiger partial charge < -0.3 is 15.2 Å². The van der Waals surface area contributed by atoms with E-state index in [1.54, 1.807) is 7.11 Å². The van der Waals surface area contributed by atoms with Crippen LogP contribution in [0.15, 0.2) is 18.2 Å². The maximum atomic E-state index is 6.68. The number of aryl methyl sites for hydroxylation is 1. The van der Waals surface area contributed by atoms with Crippen LogP contribution >= 0.6 is 0 Å². The predicted octanol–water partition coefficient (Wildman–Crippen LogP) is 3.14. The smallest absolute Gasteiger partial charge is 0.119 e. The highest BCUT2D eigenvalue weighted by molar-refractivity contribution is 5.43. The SMILES string of the molecule is COc1ccc2c(c1)C(N)(CCCC1CCCO1)CC2. The van der Waals surface area contributed by atoms with Gasteiger partial charge in [0.05, 0.1) is 13.2 Å². The van der Waals surface area contributed by atoms with Crippen LogP contribution in [0.5, 0.6) is 5.75 Å². The fourth-order valence-electron chi connectivity index (χ4n) is 3.63. The maximum Gasteiger partial charge on any atom is 0.119 e. The number of benzene rings is 1. The van der Waals surface area contributed by atoms with Gasteiger partial charge in [0.1, 0.15) is 5.75 Å². The molecule has 1 fully saturated rings. The van der Waals surface area contributed by atoms with Gasteiger partial charge in [0, 0.05) is 12.1 Å².